The third-order valence-corrected chi connectivity index (χ3v) is 6.16. The highest BCUT2D eigenvalue weighted by atomic mass is 16.2. The summed E-state index contributed by atoms with van der Waals surface area (Å²) in [5.41, 5.74) is 7.01. The Morgan fingerprint density at radius 3 is 2.67 bits per heavy atom. The summed E-state index contributed by atoms with van der Waals surface area (Å²) in [6.45, 7) is 6.02. The lowest BCUT2D eigenvalue weighted by Gasteiger charge is -2.43. The summed E-state index contributed by atoms with van der Waals surface area (Å²) in [5.74, 6) is -0.162. The second-order valence-corrected chi connectivity index (χ2v) is 8.55. The second kappa shape index (κ2) is 6.64. The summed E-state index contributed by atoms with van der Waals surface area (Å²) in [6.07, 6.45) is 1.09. The van der Waals surface area contributed by atoms with Crippen molar-refractivity contribution in [3.8, 4) is 0 Å². The van der Waals surface area contributed by atoms with Gasteiger partial charge in [0.1, 0.15) is 0 Å². The lowest BCUT2D eigenvalue weighted by molar-refractivity contribution is -0.139. The van der Waals surface area contributed by atoms with Gasteiger partial charge in [0, 0.05) is 37.5 Å². The van der Waals surface area contributed by atoms with E-state index in [1.807, 2.05) is 47.4 Å². The zero-order valence-corrected chi connectivity index (χ0v) is 16.0. The van der Waals surface area contributed by atoms with E-state index in [0.717, 1.165) is 22.9 Å². The van der Waals surface area contributed by atoms with Crippen LogP contribution in [-0.4, -0.2) is 42.4 Å². The van der Waals surface area contributed by atoms with E-state index in [-0.39, 0.29) is 35.6 Å². The van der Waals surface area contributed by atoms with Gasteiger partial charge in [-0.2, -0.15) is 0 Å². The molecule has 4 rings (SSSR count). The molecule has 2 unspecified atom stereocenters. The van der Waals surface area contributed by atoms with Crippen LogP contribution in [0.4, 0.5) is 5.69 Å². The Hall–Kier alpha value is -2.40. The number of fused-ring (bicyclic) bond motifs is 1. The van der Waals surface area contributed by atoms with Crippen LogP contribution in [0, 0.1) is 11.3 Å². The number of anilines is 1. The molecule has 27 heavy (non-hydrogen) atoms. The highest BCUT2D eigenvalue weighted by molar-refractivity contribution is 6.07. The molecule has 2 aromatic carbocycles. The number of amides is 2. The number of nitrogens with zero attached hydrogens (tertiary/aromatic N) is 2. The van der Waals surface area contributed by atoms with Crippen LogP contribution in [0.5, 0.6) is 0 Å². The molecule has 0 radical (unpaired) electrons. The first-order valence-corrected chi connectivity index (χ1v) is 9.69. The zero-order valence-electron chi connectivity index (χ0n) is 16.0. The van der Waals surface area contributed by atoms with Crippen LogP contribution in [0.3, 0.4) is 0 Å². The Morgan fingerprint density at radius 1 is 1.15 bits per heavy atom. The van der Waals surface area contributed by atoms with E-state index < -0.39 is 0 Å². The highest BCUT2D eigenvalue weighted by Gasteiger charge is 2.41. The monoisotopic (exact) mass is 365 g/mol. The molecule has 5 nitrogen and oxygen atoms in total. The van der Waals surface area contributed by atoms with Gasteiger partial charge in [-0.25, -0.2) is 0 Å². The Kier molecular flexibility index (Phi) is 4.42. The molecular weight excluding hydrogens is 338 g/mol. The largest absolute Gasteiger partial charge is 0.342 e. The van der Waals surface area contributed by atoms with E-state index in [1.54, 1.807) is 4.90 Å². The average Bonchev–Trinajstić information content (AvgIpc) is 3.04. The lowest BCUT2D eigenvalue weighted by Crippen LogP contribution is -2.55. The third kappa shape index (κ3) is 3.21. The average molecular weight is 365 g/mol. The molecule has 2 heterocycles. The number of likely N-dealkylation sites (tertiary alicyclic amines) is 1. The molecular formula is C22H27N3O2. The fourth-order valence-corrected chi connectivity index (χ4v) is 4.37. The van der Waals surface area contributed by atoms with Crippen LogP contribution in [0.25, 0.3) is 10.8 Å². The van der Waals surface area contributed by atoms with Crippen molar-refractivity contribution in [2.75, 3.05) is 24.5 Å². The van der Waals surface area contributed by atoms with E-state index in [0.29, 0.717) is 19.6 Å². The summed E-state index contributed by atoms with van der Waals surface area (Å²) >= 11 is 0. The Bertz CT molecular complexity index is 887. The minimum absolute atomic E-state index is 0.0256. The number of benzene rings is 2. The minimum atomic E-state index is -0.276. The maximum absolute atomic E-state index is 13.1. The first-order valence-electron chi connectivity index (χ1n) is 9.69. The van der Waals surface area contributed by atoms with Crippen molar-refractivity contribution in [1.82, 2.24) is 4.90 Å². The molecule has 2 atom stereocenters. The van der Waals surface area contributed by atoms with E-state index in [2.05, 4.69) is 13.8 Å². The molecule has 2 aliphatic heterocycles. The molecule has 2 amide bonds. The molecule has 2 saturated heterocycles. The number of nitrogens with two attached hydrogens (primary N) is 1. The Morgan fingerprint density at radius 2 is 1.89 bits per heavy atom. The highest BCUT2D eigenvalue weighted by Crippen LogP contribution is 2.34. The summed E-state index contributed by atoms with van der Waals surface area (Å²) < 4.78 is 0. The molecule has 142 valence electrons. The molecule has 2 aliphatic rings. The quantitative estimate of drug-likeness (QED) is 0.890. The van der Waals surface area contributed by atoms with Crippen molar-refractivity contribution >= 4 is 28.3 Å². The van der Waals surface area contributed by atoms with Gasteiger partial charge in [0.05, 0.1) is 11.6 Å². The number of carbonyl (C=O) groups is 2. The first-order chi connectivity index (χ1) is 12.9. The van der Waals surface area contributed by atoms with Gasteiger partial charge < -0.3 is 15.5 Å². The molecule has 0 bridgehead atoms. The maximum atomic E-state index is 13.1. The predicted octanol–water partition coefficient (Wildman–Crippen LogP) is 2.78. The van der Waals surface area contributed by atoms with Gasteiger partial charge in [0.25, 0.3) is 0 Å². The van der Waals surface area contributed by atoms with Crippen LogP contribution < -0.4 is 10.6 Å². The van der Waals surface area contributed by atoms with Gasteiger partial charge >= 0.3 is 0 Å². The predicted molar refractivity (Wildman–Crippen MR) is 107 cm³/mol. The number of hydrogen-bond donors (Lipinski definition) is 1. The minimum Gasteiger partial charge on any atom is -0.342 e. The smallest absolute Gasteiger partial charge is 0.228 e. The summed E-state index contributed by atoms with van der Waals surface area (Å²) in [7, 11) is 0. The first kappa shape index (κ1) is 18.0. The Labute approximate surface area is 160 Å². The van der Waals surface area contributed by atoms with Crippen LogP contribution in [0.1, 0.15) is 26.7 Å². The maximum Gasteiger partial charge on any atom is 0.228 e. The van der Waals surface area contributed by atoms with E-state index >= 15 is 0 Å². The van der Waals surface area contributed by atoms with Crippen molar-refractivity contribution in [3.05, 3.63) is 42.5 Å². The molecule has 0 saturated carbocycles. The van der Waals surface area contributed by atoms with Crippen molar-refractivity contribution in [2.45, 2.75) is 32.7 Å². The van der Waals surface area contributed by atoms with E-state index in [1.165, 1.54) is 0 Å². The lowest BCUT2D eigenvalue weighted by atomic mass is 9.79. The summed E-state index contributed by atoms with van der Waals surface area (Å²) in [5, 5.41) is 2.15. The van der Waals surface area contributed by atoms with Crippen molar-refractivity contribution in [2.24, 2.45) is 17.1 Å². The van der Waals surface area contributed by atoms with Crippen LogP contribution in [-0.2, 0) is 9.59 Å². The third-order valence-electron chi connectivity index (χ3n) is 6.16. The number of rotatable bonds is 2. The fraction of sp³-hybridized carbons (Fsp3) is 0.455. The van der Waals surface area contributed by atoms with Gasteiger partial charge in [0.15, 0.2) is 0 Å². The molecule has 2 aromatic rings. The number of carbonyl (C=O) groups excluding carboxylic acids is 2. The molecule has 2 N–H and O–H groups in total. The van der Waals surface area contributed by atoms with Crippen molar-refractivity contribution in [3.63, 3.8) is 0 Å². The molecule has 5 heteroatoms. The molecule has 0 aliphatic carbocycles. The SMILES string of the molecule is CC1(C)CN(C(=O)C2CC(=O)N(c3cccc4ccccc34)C2)CCC1N. The van der Waals surface area contributed by atoms with Crippen molar-refractivity contribution < 1.29 is 9.59 Å². The van der Waals surface area contributed by atoms with E-state index in [4.69, 9.17) is 5.73 Å². The van der Waals surface area contributed by atoms with Crippen LogP contribution in [0.2, 0.25) is 0 Å². The topological polar surface area (TPSA) is 66.6 Å². The van der Waals surface area contributed by atoms with Crippen molar-refractivity contribution in [1.29, 1.82) is 0 Å². The van der Waals surface area contributed by atoms with Gasteiger partial charge in [-0.3, -0.25) is 9.59 Å². The Balaban J connectivity index is 1.55. The summed E-state index contributed by atoms with van der Waals surface area (Å²) in [4.78, 5) is 29.5. The van der Waals surface area contributed by atoms with Gasteiger partial charge in [-0.1, -0.05) is 50.2 Å². The van der Waals surface area contributed by atoms with Gasteiger partial charge in [0.2, 0.25) is 11.8 Å². The van der Waals surface area contributed by atoms with Crippen LogP contribution >= 0.6 is 0 Å². The number of piperidine rings is 1. The zero-order chi connectivity index (χ0) is 19.2. The number of hydrogen-bond acceptors (Lipinski definition) is 3. The molecule has 0 spiro atoms. The normalized spacial score (nSPS) is 25.2. The second-order valence-electron chi connectivity index (χ2n) is 8.55. The van der Waals surface area contributed by atoms with Gasteiger partial charge in [-0.05, 0) is 23.3 Å². The molecule has 2 fully saturated rings. The van der Waals surface area contributed by atoms with Crippen LogP contribution in [0.15, 0.2) is 42.5 Å². The van der Waals surface area contributed by atoms with Gasteiger partial charge in [-0.15, -0.1) is 0 Å². The fourth-order valence-electron chi connectivity index (χ4n) is 4.37. The summed E-state index contributed by atoms with van der Waals surface area (Å²) in [6, 6.07) is 14.1. The van der Waals surface area contributed by atoms with E-state index in [9.17, 15) is 9.59 Å². The molecule has 0 aromatic heterocycles. The standard InChI is InChI=1S/C22H27N3O2/c1-22(2)14-24(11-10-19(22)23)21(27)16-12-20(26)25(13-16)18-9-5-7-15-6-3-4-8-17(15)18/h3-9,16,19H,10-14,23H2,1-2H3.